The Bertz CT molecular complexity index is 381. The maximum Gasteiger partial charge on any atom is 0.282 e. The number of aliphatic hydroxyl groups excluding tert-OH is 1. The highest BCUT2D eigenvalue weighted by atomic mass is 19.3. The number of aromatic nitrogens is 3. The highest BCUT2D eigenvalue weighted by Crippen LogP contribution is 2.21. The second-order valence-corrected chi connectivity index (χ2v) is 3.50. The molecule has 0 spiro atoms. The molecule has 0 aliphatic heterocycles. The van der Waals surface area contributed by atoms with Crippen molar-refractivity contribution in [1.82, 2.24) is 15.0 Å². The van der Waals surface area contributed by atoms with E-state index in [9.17, 15) is 13.6 Å². The standard InChI is InChI=1S/C9H14F2N4O2/c10-8(11)7-6(9(12)17)13-14-15(7)4-2-1-3-5-16/h8,16H,1-5H2,(H2,12,17). The Kier molecular flexibility index (Phi) is 4.95. The zero-order valence-electron chi connectivity index (χ0n) is 9.14. The van der Waals surface area contributed by atoms with E-state index in [0.29, 0.717) is 19.3 Å². The molecule has 0 saturated carbocycles. The van der Waals surface area contributed by atoms with Gasteiger partial charge in [-0.1, -0.05) is 5.21 Å². The average Bonchev–Trinajstić information content (AvgIpc) is 2.68. The highest BCUT2D eigenvalue weighted by molar-refractivity contribution is 5.91. The Morgan fingerprint density at radius 1 is 1.41 bits per heavy atom. The van der Waals surface area contributed by atoms with Crippen LogP contribution in [0.15, 0.2) is 0 Å². The van der Waals surface area contributed by atoms with Gasteiger partial charge in [-0.15, -0.1) is 5.10 Å². The molecule has 0 atom stereocenters. The van der Waals surface area contributed by atoms with Crippen LogP contribution in [-0.4, -0.2) is 32.6 Å². The summed E-state index contributed by atoms with van der Waals surface area (Å²) in [7, 11) is 0. The van der Waals surface area contributed by atoms with E-state index in [-0.39, 0.29) is 13.2 Å². The van der Waals surface area contributed by atoms with Gasteiger partial charge in [-0.05, 0) is 19.3 Å². The molecule has 6 nitrogen and oxygen atoms in total. The van der Waals surface area contributed by atoms with Crippen LogP contribution in [0.5, 0.6) is 0 Å². The Morgan fingerprint density at radius 3 is 2.65 bits per heavy atom. The number of carbonyl (C=O) groups excluding carboxylic acids is 1. The van der Waals surface area contributed by atoms with Crippen molar-refractivity contribution >= 4 is 5.91 Å². The van der Waals surface area contributed by atoms with Gasteiger partial charge in [0.1, 0.15) is 5.69 Å². The second kappa shape index (κ2) is 6.24. The molecule has 1 heterocycles. The average molecular weight is 248 g/mol. The number of aliphatic hydroxyl groups is 1. The highest BCUT2D eigenvalue weighted by Gasteiger charge is 2.24. The predicted octanol–water partition coefficient (Wildman–Crippen LogP) is 0.477. The number of hydrogen-bond acceptors (Lipinski definition) is 4. The number of aryl methyl sites for hydroxylation is 1. The number of alkyl halides is 2. The quantitative estimate of drug-likeness (QED) is 0.686. The van der Waals surface area contributed by atoms with E-state index < -0.39 is 23.7 Å². The topological polar surface area (TPSA) is 94.0 Å². The molecule has 0 aromatic carbocycles. The number of primary amides is 1. The molecule has 17 heavy (non-hydrogen) atoms. The summed E-state index contributed by atoms with van der Waals surface area (Å²) in [6, 6.07) is 0. The van der Waals surface area contributed by atoms with E-state index in [0.717, 1.165) is 4.68 Å². The van der Waals surface area contributed by atoms with Crippen molar-refractivity contribution in [1.29, 1.82) is 0 Å². The number of hydrogen-bond donors (Lipinski definition) is 2. The Morgan fingerprint density at radius 2 is 2.12 bits per heavy atom. The van der Waals surface area contributed by atoms with Gasteiger partial charge in [0.15, 0.2) is 5.69 Å². The van der Waals surface area contributed by atoms with Crippen LogP contribution in [0.25, 0.3) is 0 Å². The van der Waals surface area contributed by atoms with Crippen molar-refractivity contribution < 1.29 is 18.7 Å². The van der Waals surface area contributed by atoms with Crippen LogP contribution in [0.1, 0.15) is 41.9 Å². The molecule has 0 fully saturated rings. The minimum Gasteiger partial charge on any atom is -0.396 e. The smallest absolute Gasteiger partial charge is 0.282 e. The van der Waals surface area contributed by atoms with Gasteiger partial charge in [-0.25, -0.2) is 13.5 Å². The summed E-state index contributed by atoms with van der Waals surface area (Å²) in [5, 5.41) is 15.4. The van der Waals surface area contributed by atoms with Crippen LogP contribution in [-0.2, 0) is 6.54 Å². The van der Waals surface area contributed by atoms with Crippen LogP contribution in [0.2, 0.25) is 0 Å². The summed E-state index contributed by atoms with van der Waals surface area (Å²) in [6.45, 7) is 0.283. The molecule has 0 aliphatic rings. The summed E-state index contributed by atoms with van der Waals surface area (Å²) in [6.07, 6.45) is -0.987. The van der Waals surface area contributed by atoms with Crippen molar-refractivity contribution in [2.75, 3.05) is 6.61 Å². The summed E-state index contributed by atoms with van der Waals surface area (Å²) in [5.74, 6) is -1.01. The third-order valence-corrected chi connectivity index (χ3v) is 2.24. The maximum absolute atomic E-state index is 12.7. The van der Waals surface area contributed by atoms with Gasteiger partial charge in [0.2, 0.25) is 0 Å². The summed E-state index contributed by atoms with van der Waals surface area (Å²) in [4.78, 5) is 10.9. The number of unbranched alkanes of at least 4 members (excludes halogenated alkanes) is 2. The van der Waals surface area contributed by atoms with Gasteiger partial charge in [0, 0.05) is 13.2 Å². The molecule has 0 unspecified atom stereocenters. The zero-order chi connectivity index (χ0) is 12.8. The summed E-state index contributed by atoms with van der Waals surface area (Å²) < 4.78 is 26.4. The van der Waals surface area contributed by atoms with E-state index in [2.05, 4.69) is 10.3 Å². The number of nitrogens with two attached hydrogens (primary N) is 1. The first-order valence-electron chi connectivity index (χ1n) is 5.20. The number of amides is 1. The van der Waals surface area contributed by atoms with Crippen LogP contribution in [0.3, 0.4) is 0 Å². The Labute approximate surface area is 96.4 Å². The lowest BCUT2D eigenvalue weighted by atomic mass is 10.2. The van der Waals surface area contributed by atoms with Crippen LogP contribution in [0, 0.1) is 0 Å². The molecule has 96 valence electrons. The van der Waals surface area contributed by atoms with Gasteiger partial charge >= 0.3 is 0 Å². The Balaban J connectivity index is 2.74. The molecule has 3 N–H and O–H groups in total. The minimum absolute atomic E-state index is 0.0611. The fourth-order valence-electron chi connectivity index (χ4n) is 1.43. The van der Waals surface area contributed by atoms with Crippen molar-refractivity contribution in [3.8, 4) is 0 Å². The number of nitrogens with zero attached hydrogens (tertiary/aromatic N) is 3. The van der Waals surface area contributed by atoms with Gasteiger partial charge in [-0.3, -0.25) is 4.79 Å². The van der Waals surface area contributed by atoms with Crippen LogP contribution >= 0.6 is 0 Å². The van der Waals surface area contributed by atoms with Crippen LogP contribution in [0.4, 0.5) is 8.78 Å². The fraction of sp³-hybridized carbons (Fsp3) is 0.667. The first-order chi connectivity index (χ1) is 8.07. The number of rotatable bonds is 7. The maximum atomic E-state index is 12.7. The third-order valence-electron chi connectivity index (χ3n) is 2.24. The lowest BCUT2D eigenvalue weighted by Crippen LogP contribution is -2.15. The molecule has 0 radical (unpaired) electrons. The largest absolute Gasteiger partial charge is 0.396 e. The molecular formula is C9H14F2N4O2. The number of halogens is 2. The van der Waals surface area contributed by atoms with Crippen molar-refractivity contribution in [3.63, 3.8) is 0 Å². The molecule has 1 rings (SSSR count). The van der Waals surface area contributed by atoms with E-state index in [1.54, 1.807) is 0 Å². The lowest BCUT2D eigenvalue weighted by Gasteiger charge is -2.05. The molecule has 1 aromatic heterocycles. The first kappa shape index (κ1) is 13.5. The molecule has 0 aliphatic carbocycles. The normalized spacial score (nSPS) is 11.1. The summed E-state index contributed by atoms with van der Waals surface area (Å²) in [5.41, 5.74) is 3.90. The van der Waals surface area contributed by atoms with E-state index in [1.165, 1.54) is 0 Å². The van der Waals surface area contributed by atoms with Crippen molar-refractivity contribution in [2.24, 2.45) is 5.73 Å². The van der Waals surface area contributed by atoms with E-state index in [4.69, 9.17) is 10.8 Å². The van der Waals surface area contributed by atoms with Gasteiger partial charge in [0.25, 0.3) is 12.3 Å². The molecule has 0 saturated heterocycles. The predicted molar refractivity (Wildman–Crippen MR) is 54.4 cm³/mol. The van der Waals surface area contributed by atoms with Gasteiger partial charge in [-0.2, -0.15) is 0 Å². The van der Waals surface area contributed by atoms with Crippen molar-refractivity contribution in [3.05, 3.63) is 11.4 Å². The summed E-state index contributed by atoms with van der Waals surface area (Å²) >= 11 is 0. The first-order valence-corrected chi connectivity index (χ1v) is 5.20. The molecule has 1 amide bonds. The number of carbonyl (C=O) groups is 1. The Hall–Kier alpha value is -1.57. The monoisotopic (exact) mass is 248 g/mol. The second-order valence-electron chi connectivity index (χ2n) is 3.50. The lowest BCUT2D eigenvalue weighted by molar-refractivity contribution is 0.0976. The molecule has 8 heteroatoms. The zero-order valence-corrected chi connectivity index (χ0v) is 9.14. The fourth-order valence-corrected chi connectivity index (χ4v) is 1.43. The van der Waals surface area contributed by atoms with E-state index in [1.807, 2.05) is 0 Å². The minimum atomic E-state index is -2.84. The molecule has 0 bridgehead atoms. The van der Waals surface area contributed by atoms with Gasteiger partial charge in [0.05, 0.1) is 0 Å². The molecular weight excluding hydrogens is 234 g/mol. The van der Waals surface area contributed by atoms with Crippen LogP contribution < -0.4 is 5.73 Å². The third kappa shape index (κ3) is 3.45. The SMILES string of the molecule is NC(=O)c1nnn(CCCCCO)c1C(F)F. The van der Waals surface area contributed by atoms with Crippen molar-refractivity contribution in [2.45, 2.75) is 32.2 Å². The van der Waals surface area contributed by atoms with Gasteiger partial charge < -0.3 is 10.8 Å². The molecule has 1 aromatic rings. The van der Waals surface area contributed by atoms with E-state index >= 15 is 0 Å².